The van der Waals surface area contributed by atoms with Crippen molar-refractivity contribution in [2.24, 2.45) is 0 Å². The van der Waals surface area contributed by atoms with Crippen LogP contribution in [-0.4, -0.2) is 35.8 Å². The third-order valence-electron chi connectivity index (χ3n) is 4.45. The molecule has 1 aromatic carbocycles. The highest BCUT2D eigenvalue weighted by molar-refractivity contribution is 5.68. The van der Waals surface area contributed by atoms with Crippen molar-refractivity contribution >= 4 is 6.09 Å². The van der Waals surface area contributed by atoms with E-state index in [0.717, 1.165) is 5.56 Å². The molecule has 1 amide bonds. The number of hydrogen-bond acceptors (Lipinski definition) is 4. The number of rotatable bonds is 3. The summed E-state index contributed by atoms with van der Waals surface area (Å²) in [6.07, 6.45) is 1.54. The van der Waals surface area contributed by atoms with Gasteiger partial charge in [0, 0.05) is 24.6 Å². The summed E-state index contributed by atoms with van der Waals surface area (Å²) in [5, 5.41) is 2.30. The molecule has 2 heterocycles. The van der Waals surface area contributed by atoms with Crippen LogP contribution in [0.2, 0.25) is 0 Å². The van der Waals surface area contributed by atoms with Crippen molar-refractivity contribution in [1.82, 2.24) is 10.1 Å². The Bertz CT molecular complexity index is 752. The molecular weight excluding hydrogens is 315 g/mol. The van der Waals surface area contributed by atoms with Crippen LogP contribution in [0.5, 0.6) is 0 Å². The van der Waals surface area contributed by atoms with Crippen molar-refractivity contribution < 1.29 is 18.4 Å². The second kappa shape index (κ2) is 6.90. The Morgan fingerprint density at radius 1 is 1.42 bits per heavy atom. The summed E-state index contributed by atoms with van der Waals surface area (Å²) in [4.78, 5) is 25.0. The molecule has 1 aromatic heterocycles. The minimum Gasteiger partial charge on any atom is -0.453 e. The van der Waals surface area contributed by atoms with Gasteiger partial charge in [-0.3, -0.25) is 4.79 Å². The Morgan fingerprint density at radius 2 is 2.17 bits per heavy atom. The molecule has 128 valence electrons. The van der Waals surface area contributed by atoms with Gasteiger partial charge in [-0.15, -0.1) is 0 Å². The number of nitrogens with one attached hydrogen (secondary N) is 1. The van der Waals surface area contributed by atoms with E-state index in [4.69, 9.17) is 9.26 Å². The molecule has 6 nitrogen and oxygen atoms in total. The van der Waals surface area contributed by atoms with Crippen LogP contribution in [0, 0.1) is 5.82 Å². The van der Waals surface area contributed by atoms with E-state index in [2.05, 4.69) is 5.16 Å². The van der Waals surface area contributed by atoms with Gasteiger partial charge >= 0.3 is 6.09 Å². The largest absolute Gasteiger partial charge is 0.453 e. The van der Waals surface area contributed by atoms with Crippen LogP contribution in [0.1, 0.15) is 30.1 Å². The highest BCUT2D eigenvalue weighted by atomic mass is 19.1. The topological polar surface area (TPSA) is 75.5 Å². The molecule has 1 aliphatic rings. The van der Waals surface area contributed by atoms with Crippen molar-refractivity contribution in [3.8, 4) is 0 Å². The molecule has 0 unspecified atom stereocenters. The van der Waals surface area contributed by atoms with E-state index >= 15 is 0 Å². The number of aromatic nitrogens is 1. The van der Waals surface area contributed by atoms with Gasteiger partial charge in [-0.1, -0.05) is 12.1 Å². The normalized spacial score (nSPS) is 20.8. The van der Waals surface area contributed by atoms with E-state index in [1.165, 1.54) is 25.3 Å². The van der Waals surface area contributed by atoms with Crippen molar-refractivity contribution in [3.63, 3.8) is 0 Å². The van der Waals surface area contributed by atoms with Crippen LogP contribution >= 0.6 is 0 Å². The number of likely N-dealkylation sites (tertiary alicyclic amines) is 1. The predicted molar refractivity (Wildman–Crippen MR) is 84.3 cm³/mol. The monoisotopic (exact) mass is 334 g/mol. The minimum atomic E-state index is -0.379. The molecule has 3 rings (SSSR count). The first-order valence-electron chi connectivity index (χ1n) is 7.84. The molecule has 1 aliphatic heterocycles. The first-order valence-corrected chi connectivity index (χ1v) is 7.84. The zero-order chi connectivity index (χ0) is 17.1. The van der Waals surface area contributed by atoms with Crippen LogP contribution in [0.3, 0.4) is 0 Å². The first-order chi connectivity index (χ1) is 11.6. The Balaban J connectivity index is 1.79. The van der Waals surface area contributed by atoms with Gasteiger partial charge in [-0.05, 0) is 37.0 Å². The van der Waals surface area contributed by atoms with Gasteiger partial charge in [-0.2, -0.15) is 5.16 Å². The average molecular weight is 334 g/mol. The van der Waals surface area contributed by atoms with Gasteiger partial charge in [0.05, 0.1) is 7.11 Å². The smallest absolute Gasteiger partial charge is 0.409 e. The fourth-order valence-corrected chi connectivity index (χ4v) is 3.25. The van der Waals surface area contributed by atoms with Gasteiger partial charge in [0.15, 0.2) is 0 Å². The zero-order valence-electron chi connectivity index (χ0n) is 13.3. The zero-order valence-corrected chi connectivity index (χ0v) is 13.3. The van der Waals surface area contributed by atoms with Gasteiger partial charge in [0.1, 0.15) is 11.6 Å². The number of methoxy groups -OCH3 is 1. The van der Waals surface area contributed by atoms with Gasteiger partial charge < -0.3 is 14.2 Å². The van der Waals surface area contributed by atoms with Crippen molar-refractivity contribution in [2.75, 3.05) is 13.7 Å². The maximum Gasteiger partial charge on any atom is 0.409 e. The van der Waals surface area contributed by atoms with Crippen LogP contribution in [-0.2, 0) is 11.2 Å². The summed E-state index contributed by atoms with van der Waals surface area (Å²) in [6.45, 7) is 0.512. The number of halogens is 1. The lowest BCUT2D eigenvalue weighted by atomic mass is 9.86. The summed E-state index contributed by atoms with van der Waals surface area (Å²) in [7, 11) is 1.36. The molecule has 0 saturated carbocycles. The second-order valence-corrected chi connectivity index (χ2v) is 5.98. The van der Waals surface area contributed by atoms with Crippen molar-refractivity contribution in [1.29, 1.82) is 0 Å². The number of aromatic amines is 1. The fourth-order valence-electron chi connectivity index (χ4n) is 3.25. The van der Waals surface area contributed by atoms with Crippen LogP contribution in [0.15, 0.2) is 39.6 Å². The van der Waals surface area contributed by atoms with Crippen molar-refractivity contribution in [3.05, 3.63) is 57.8 Å². The molecule has 0 radical (unpaired) electrons. The van der Waals surface area contributed by atoms with E-state index in [1.54, 1.807) is 17.0 Å². The molecule has 0 aliphatic carbocycles. The number of carbonyl (C=O) groups is 1. The number of H-pyrrole nitrogens is 1. The lowest BCUT2D eigenvalue weighted by molar-refractivity contribution is 0.0817. The predicted octanol–water partition coefficient (Wildman–Crippen LogP) is 2.66. The molecule has 1 fully saturated rings. The summed E-state index contributed by atoms with van der Waals surface area (Å²) >= 11 is 0. The number of carbonyl (C=O) groups excluding carboxylic acids is 1. The molecule has 0 bridgehead atoms. The van der Waals surface area contributed by atoms with E-state index < -0.39 is 0 Å². The summed E-state index contributed by atoms with van der Waals surface area (Å²) in [5.74, 6) is 0.364. The summed E-state index contributed by atoms with van der Waals surface area (Å²) in [6, 6.07) is 7.58. The maximum absolute atomic E-state index is 13.1. The third kappa shape index (κ3) is 3.50. The number of hydrogen-bond donors (Lipinski definition) is 1. The molecule has 0 spiro atoms. The van der Waals surface area contributed by atoms with Crippen LogP contribution < -0.4 is 5.56 Å². The Labute approximate surface area is 138 Å². The number of ether oxygens (including phenoxy) is 1. The third-order valence-corrected chi connectivity index (χ3v) is 4.45. The van der Waals surface area contributed by atoms with E-state index in [1.807, 2.05) is 0 Å². The molecule has 2 atom stereocenters. The molecule has 1 N–H and O–H groups in total. The SMILES string of the molecule is COC(=O)N1CC[C@H](c2cc(=O)[nH]o2)C[C@H]1Cc1ccc(F)cc1. The molecule has 2 aromatic rings. The van der Waals surface area contributed by atoms with E-state index in [-0.39, 0.29) is 29.4 Å². The summed E-state index contributed by atoms with van der Waals surface area (Å²) < 4.78 is 23.2. The van der Waals surface area contributed by atoms with Crippen LogP contribution in [0.4, 0.5) is 9.18 Å². The minimum absolute atomic E-state index is 0.0512. The van der Waals surface area contributed by atoms with Gasteiger partial charge in [0.2, 0.25) is 0 Å². The Morgan fingerprint density at radius 3 is 2.79 bits per heavy atom. The highest BCUT2D eigenvalue weighted by Crippen LogP contribution is 2.32. The number of amides is 1. The average Bonchev–Trinajstić information content (AvgIpc) is 3.03. The van der Waals surface area contributed by atoms with E-state index in [9.17, 15) is 14.0 Å². The first kappa shape index (κ1) is 16.3. The van der Waals surface area contributed by atoms with Crippen LogP contribution in [0.25, 0.3) is 0 Å². The molecule has 1 saturated heterocycles. The number of piperidine rings is 1. The summed E-state index contributed by atoms with van der Waals surface area (Å²) in [5.41, 5.74) is 0.668. The molecule has 7 heteroatoms. The van der Waals surface area contributed by atoms with E-state index in [0.29, 0.717) is 31.6 Å². The lowest BCUT2D eigenvalue weighted by Crippen LogP contribution is -2.46. The Hall–Kier alpha value is -2.57. The second-order valence-electron chi connectivity index (χ2n) is 5.98. The standard InChI is InChI=1S/C17H19FN2O4/c1-23-17(22)20-7-6-12(15-10-16(21)19-24-15)9-14(20)8-11-2-4-13(18)5-3-11/h2-5,10,12,14H,6-9H2,1H3,(H,19,21)/t12-,14+/m0/s1. The highest BCUT2D eigenvalue weighted by Gasteiger charge is 2.34. The van der Waals surface area contributed by atoms with Crippen molar-refractivity contribution in [2.45, 2.75) is 31.2 Å². The quantitative estimate of drug-likeness (QED) is 0.936. The number of benzene rings is 1. The maximum atomic E-state index is 13.1. The molecule has 24 heavy (non-hydrogen) atoms. The lowest BCUT2D eigenvalue weighted by Gasteiger charge is -2.38. The van der Waals surface area contributed by atoms with Gasteiger partial charge in [-0.25, -0.2) is 9.18 Å². The number of nitrogens with zero attached hydrogens (tertiary/aromatic N) is 1. The van der Waals surface area contributed by atoms with Gasteiger partial charge in [0.25, 0.3) is 5.56 Å². The Kier molecular flexibility index (Phi) is 4.69. The fraction of sp³-hybridized carbons (Fsp3) is 0.412. The molecular formula is C17H19FN2O4.